The van der Waals surface area contributed by atoms with Gasteiger partial charge in [-0.15, -0.1) is 0 Å². The van der Waals surface area contributed by atoms with Gasteiger partial charge in [-0.05, 0) is 74.6 Å². The monoisotopic (exact) mass is 508 g/mol. The van der Waals surface area contributed by atoms with Gasteiger partial charge in [0.2, 0.25) is 10.0 Å². The van der Waals surface area contributed by atoms with Gasteiger partial charge in [-0.25, -0.2) is 12.9 Å². The molecule has 0 N–H and O–H groups in total. The molecule has 1 aliphatic heterocycles. The molecule has 1 aliphatic rings. The van der Waals surface area contributed by atoms with E-state index in [0.717, 1.165) is 29.8 Å². The van der Waals surface area contributed by atoms with E-state index in [9.17, 15) is 26.4 Å². The number of carbonyl (C=O) groups excluding carboxylic acids is 1. The van der Waals surface area contributed by atoms with Crippen LogP contribution in [0.1, 0.15) is 54.1 Å². The lowest BCUT2D eigenvalue weighted by Crippen LogP contribution is -2.37. The number of pyridine rings is 1. The van der Waals surface area contributed by atoms with E-state index >= 15 is 0 Å². The average Bonchev–Trinajstić information content (AvgIpc) is 3.27. The fraction of sp³-hybridized carbons (Fsp3) is 0.417. The molecular formula is C24H27F3N4O3S. The van der Waals surface area contributed by atoms with Crippen LogP contribution in [0.25, 0.3) is 5.52 Å². The van der Waals surface area contributed by atoms with Crippen molar-refractivity contribution in [2.45, 2.75) is 43.7 Å². The van der Waals surface area contributed by atoms with Gasteiger partial charge in [0.15, 0.2) is 0 Å². The number of sulfonamides is 1. The molecule has 188 valence electrons. The number of aromatic nitrogens is 2. The second-order valence-electron chi connectivity index (χ2n) is 8.53. The number of hydrogen-bond donors (Lipinski definition) is 0. The second-order valence-corrected chi connectivity index (χ2v) is 10.5. The number of fused-ring (bicyclic) bond motifs is 1. The summed E-state index contributed by atoms with van der Waals surface area (Å²) in [5.41, 5.74) is 1.35. The summed E-state index contributed by atoms with van der Waals surface area (Å²) in [5, 5.41) is 4.29. The maximum atomic E-state index is 13.0. The molecule has 1 amide bonds. The minimum Gasteiger partial charge on any atom is -0.339 e. The topological polar surface area (TPSA) is 75.0 Å². The highest BCUT2D eigenvalue weighted by atomic mass is 32.2. The lowest BCUT2D eigenvalue weighted by atomic mass is 9.90. The first-order valence-corrected chi connectivity index (χ1v) is 12.9. The van der Waals surface area contributed by atoms with Crippen molar-refractivity contribution in [3.63, 3.8) is 0 Å². The molecule has 0 aliphatic carbocycles. The van der Waals surface area contributed by atoms with Crippen molar-refractivity contribution in [3.8, 4) is 0 Å². The Labute approximate surface area is 202 Å². The van der Waals surface area contributed by atoms with Crippen molar-refractivity contribution in [2.75, 3.05) is 26.2 Å². The van der Waals surface area contributed by atoms with Crippen LogP contribution in [0.3, 0.4) is 0 Å². The Morgan fingerprint density at radius 1 is 1.09 bits per heavy atom. The van der Waals surface area contributed by atoms with Crippen LogP contribution in [0.4, 0.5) is 13.2 Å². The molecule has 1 aromatic carbocycles. The van der Waals surface area contributed by atoms with Crippen LogP contribution in [0.5, 0.6) is 0 Å². The number of nitrogens with zero attached hydrogens (tertiary/aromatic N) is 4. The van der Waals surface area contributed by atoms with E-state index in [1.54, 1.807) is 21.8 Å². The maximum Gasteiger partial charge on any atom is 0.416 e. The molecule has 3 heterocycles. The van der Waals surface area contributed by atoms with E-state index in [-0.39, 0.29) is 29.8 Å². The summed E-state index contributed by atoms with van der Waals surface area (Å²) < 4.78 is 67.3. The average molecular weight is 509 g/mol. The number of rotatable bonds is 6. The molecule has 35 heavy (non-hydrogen) atoms. The molecule has 1 saturated heterocycles. The Morgan fingerprint density at radius 2 is 1.71 bits per heavy atom. The number of amides is 1. The third kappa shape index (κ3) is 4.92. The van der Waals surface area contributed by atoms with Crippen molar-refractivity contribution in [2.24, 2.45) is 0 Å². The number of carbonyl (C=O) groups is 1. The van der Waals surface area contributed by atoms with E-state index < -0.39 is 21.8 Å². The molecule has 2 aromatic heterocycles. The molecule has 0 saturated carbocycles. The van der Waals surface area contributed by atoms with Crippen LogP contribution in [0.2, 0.25) is 0 Å². The molecule has 0 bridgehead atoms. The third-order valence-corrected chi connectivity index (χ3v) is 8.48. The number of alkyl halides is 3. The van der Waals surface area contributed by atoms with Crippen LogP contribution in [0.15, 0.2) is 53.7 Å². The van der Waals surface area contributed by atoms with E-state index in [4.69, 9.17) is 0 Å². The smallest absolute Gasteiger partial charge is 0.339 e. The summed E-state index contributed by atoms with van der Waals surface area (Å²) in [4.78, 5) is 14.5. The van der Waals surface area contributed by atoms with Crippen molar-refractivity contribution < 1.29 is 26.4 Å². The van der Waals surface area contributed by atoms with Crippen LogP contribution in [-0.4, -0.2) is 59.3 Å². The van der Waals surface area contributed by atoms with E-state index in [0.29, 0.717) is 37.0 Å². The predicted octanol–water partition coefficient (Wildman–Crippen LogP) is 4.40. The number of benzene rings is 1. The molecule has 0 atom stereocenters. The third-order valence-electron chi connectivity index (χ3n) is 6.57. The van der Waals surface area contributed by atoms with Crippen molar-refractivity contribution in [1.29, 1.82) is 0 Å². The summed E-state index contributed by atoms with van der Waals surface area (Å²) >= 11 is 0. The van der Waals surface area contributed by atoms with Crippen molar-refractivity contribution in [1.82, 2.24) is 18.8 Å². The summed E-state index contributed by atoms with van der Waals surface area (Å²) in [6.45, 7) is 5.54. The molecule has 3 aromatic rings. The zero-order valence-corrected chi connectivity index (χ0v) is 20.3. The quantitative estimate of drug-likeness (QED) is 0.495. The Bertz CT molecular complexity index is 1310. The SMILES string of the molecule is CCN(CC)C(=O)c1cnn2ccc(C3CCN(S(=O)(=O)c4ccc(C(F)(F)F)cc4)CC3)cc12. The Hall–Kier alpha value is -2.92. The van der Waals surface area contributed by atoms with Gasteiger partial charge in [0, 0.05) is 32.4 Å². The second kappa shape index (κ2) is 9.62. The first-order chi connectivity index (χ1) is 16.6. The van der Waals surface area contributed by atoms with E-state index in [1.807, 2.05) is 26.0 Å². The van der Waals surface area contributed by atoms with Gasteiger partial charge >= 0.3 is 6.18 Å². The molecular weight excluding hydrogens is 481 g/mol. The van der Waals surface area contributed by atoms with Crippen molar-refractivity contribution in [3.05, 3.63) is 65.5 Å². The minimum atomic E-state index is -4.52. The Balaban J connectivity index is 1.50. The predicted molar refractivity (Wildman–Crippen MR) is 125 cm³/mol. The van der Waals surface area contributed by atoms with Crippen LogP contribution >= 0.6 is 0 Å². The summed E-state index contributed by atoms with van der Waals surface area (Å²) in [7, 11) is -3.89. The van der Waals surface area contributed by atoms with Gasteiger partial charge in [-0.1, -0.05) is 0 Å². The zero-order valence-electron chi connectivity index (χ0n) is 19.5. The molecule has 4 rings (SSSR count). The standard InChI is InChI=1S/C24H27F3N4O3S/c1-3-29(4-2)23(32)21-16-28-31-14-11-18(15-22(21)31)17-9-12-30(13-10-17)35(33,34)20-7-5-19(6-8-20)24(25,26)27/h5-8,11,14-17H,3-4,9-10,12-13H2,1-2H3. The van der Waals surface area contributed by atoms with Crippen LogP contribution in [0, 0.1) is 0 Å². The van der Waals surface area contributed by atoms with Gasteiger partial charge in [0.1, 0.15) is 0 Å². The van der Waals surface area contributed by atoms with Crippen molar-refractivity contribution >= 4 is 21.4 Å². The molecule has 0 spiro atoms. The number of halogens is 3. The number of piperidine rings is 1. The zero-order chi connectivity index (χ0) is 25.4. The van der Waals surface area contributed by atoms with Crippen LogP contribution < -0.4 is 0 Å². The van der Waals surface area contributed by atoms with E-state index in [2.05, 4.69) is 5.10 Å². The summed E-state index contributed by atoms with van der Waals surface area (Å²) in [5.74, 6) is 0.00460. The van der Waals surface area contributed by atoms with Gasteiger partial charge in [0.05, 0.1) is 27.7 Å². The van der Waals surface area contributed by atoms with Crippen LogP contribution in [-0.2, 0) is 16.2 Å². The first kappa shape index (κ1) is 25.2. The van der Waals surface area contributed by atoms with Gasteiger partial charge in [0.25, 0.3) is 5.91 Å². The molecule has 1 fully saturated rings. The molecule has 7 nitrogen and oxygen atoms in total. The van der Waals surface area contributed by atoms with Gasteiger partial charge in [-0.2, -0.15) is 22.6 Å². The highest BCUT2D eigenvalue weighted by molar-refractivity contribution is 7.89. The normalized spacial score (nSPS) is 16.0. The highest BCUT2D eigenvalue weighted by Crippen LogP contribution is 2.33. The molecule has 0 unspecified atom stereocenters. The summed E-state index contributed by atoms with van der Waals surface area (Å²) in [6.07, 6.45) is -0.0336. The Kier molecular flexibility index (Phi) is 6.92. The highest BCUT2D eigenvalue weighted by Gasteiger charge is 2.33. The molecule has 0 radical (unpaired) electrons. The maximum absolute atomic E-state index is 13.0. The first-order valence-electron chi connectivity index (χ1n) is 11.5. The fourth-order valence-electron chi connectivity index (χ4n) is 4.49. The Morgan fingerprint density at radius 3 is 2.29 bits per heavy atom. The van der Waals surface area contributed by atoms with Gasteiger partial charge in [-0.3, -0.25) is 4.79 Å². The summed E-state index contributed by atoms with van der Waals surface area (Å²) in [6, 6.07) is 7.46. The largest absolute Gasteiger partial charge is 0.416 e. The lowest BCUT2D eigenvalue weighted by Gasteiger charge is -2.31. The lowest BCUT2D eigenvalue weighted by molar-refractivity contribution is -0.137. The van der Waals surface area contributed by atoms with E-state index in [1.165, 1.54) is 4.31 Å². The molecule has 11 heteroatoms. The van der Waals surface area contributed by atoms with Gasteiger partial charge < -0.3 is 4.90 Å². The fourth-order valence-corrected chi connectivity index (χ4v) is 5.96. The number of hydrogen-bond acceptors (Lipinski definition) is 4. The minimum absolute atomic E-state index is 0.0837.